The van der Waals surface area contributed by atoms with Crippen LogP contribution in [-0.4, -0.2) is 11.2 Å². The number of nitrogens with zero attached hydrogens (tertiary/aromatic N) is 1. The quantitative estimate of drug-likeness (QED) is 0.758. The maximum absolute atomic E-state index is 13.0. The van der Waals surface area contributed by atoms with Gasteiger partial charge in [-0.1, -0.05) is 12.1 Å². The molecule has 0 unspecified atom stereocenters. The van der Waals surface area contributed by atoms with Crippen molar-refractivity contribution in [2.45, 2.75) is 26.3 Å². The van der Waals surface area contributed by atoms with E-state index in [1.54, 1.807) is 0 Å². The summed E-state index contributed by atoms with van der Waals surface area (Å²) in [5, 5.41) is 0. The van der Waals surface area contributed by atoms with Crippen molar-refractivity contribution in [3.63, 3.8) is 0 Å². The summed E-state index contributed by atoms with van der Waals surface area (Å²) in [7, 11) is 0. The molecule has 0 fully saturated rings. The molecule has 0 saturated heterocycles. The molecule has 0 aliphatic rings. The Morgan fingerprint density at radius 2 is 2.05 bits per heavy atom. The number of unbranched alkanes of at least 4 members (excludes halogenated alkanes) is 1. The monoisotopic (exact) mass is 275 g/mol. The number of hydrogen-bond donors (Lipinski definition) is 0. The lowest BCUT2D eigenvalue weighted by Gasteiger charge is -2.08. The second-order valence-electron chi connectivity index (χ2n) is 4.75. The van der Waals surface area contributed by atoms with Crippen molar-refractivity contribution in [2.24, 2.45) is 0 Å². The summed E-state index contributed by atoms with van der Waals surface area (Å²) in [5.74, 6) is 0.466. The minimum absolute atomic E-state index is 0.175. The van der Waals surface area contributed by atoms with Crippen LogP contribution in [0, 0.1) is 12.7 Å². The van der Waals surface area contributed by atoms with E-state index >= 15 is 0 Å². The fraction of sp³-hybridized carbons (Fsp3) is 0.312. The zero-order valence-electron chi connectivity index (χ0n) is 11.5. The molecule has 0 radical (unpaired) electrons. The highest BCUT2D eigenvalue weighted by atomic mass is 19.1. The molecule has 0 bridgehead atoms. The van der Waals surface area contributed by atoms with Crippen LogP contribution in [0.3, 0.4) is 0 Å². The second-order valence-corrected chi connectivity index (χ2v) is 4.75. The van der Waals surface area contributed by atoms with Gasteiger partial charge < -0.3 is 9.30 Å². The maximum Gasteiger partial charge on any atom is 0.250 e. The average Bonchev–Trinajstić information content (AvgIpc) is 2.42. The Morgan fingerprint density at radius 1 is 1.20 bits per heavy atom. The average molecular weight is 275 g/mol. The van der Waals surface area contributed by atoms with Crippen LogP contribution < -0.4 is 10.3 Å². The molecule has 1 aromatic heterocycles. The van der Waals surface area contributed by atoms with Crippen LogP contribution in [0.4, 0.5) is 4.39 Å². The van der Waals surface area contributed by atoms with Crippen LogP contribution in [0.15, 0.2) is 47.4 Å². The number of ether oxygens (including phenoxy) is 1. The largest absolute Gasteiger partial charge is 0.494 e. The molecular weight excluding hydrogens is 257 g/mol. The van der Waals surface area contributed by atoms with E-state index in [1.165, 1.54) is 22.9 Å². The fourth-order valence-electron chi connectivity index (χ4n) is 1.96. The molecule has 0 N–H and O–H groups in total. The molecule has 0 saturated carbocycles. The van der Waals surface area contributed by atoms with Gasteiger partial charge in [0, 0.05) is 18.8 Å². The van der Waals surface area contributed by atoms with Gasteiger partial charge in [-0.2, -0.15) is 0 Å². The third-order valence-electron chi connectivity index (χ3n) is 3.00. The van der Waals surface area contributed by atoms with E-state index in [0.717, 1.165) is 24.2 Å². The van der Waals surface area contributed by atoms with Crippen molar-refractivity contribution < 1.29 is 9.13 Å². The van der Waals surface area contributed by atoms with Gasteiger partial charge in [0.1, 0.15) is 11.6 Å². The van der Waals surface area contributed by atoms with Crippen LogP contribution in [0.2, 0.25) is 0 Å². The lowest BCUT2D eigenvalue weighted by Crippen LogP contribution is -2.19. The van der Waals surface area contributed by atoms with E-state index in [4.69, 9.17) is 4.74 Å². The number of aryl methyl sites for hydroxylation is 2. The first-order chi connectivity index (χ1) is 9.65. The Balaban J connectivity index is 1.74. The highest BCUT2D eigenvalue weighted by Gasteiger charge is 1.99. The van der Waals surface area contributed by atoms with Gasteiger partial charge in [-0.25, -0.2) is 4.39 Å². The van der Waals surface area contributed by atoms with Crippen molar-refractivity contribution in [3.8, 4) is 5.75 Å². The lowest BCUT2D eigenvalue weighted by atomic mass is 10.2. The van der Waals surface area contributed by atoms with Gasteiger partial charge in [-0.05, 0) is 43.5 Å². The maximum atomic E-state index is 13.0. The molecule has 0 amide bonds. The Hall–Kier alpha value is -2.10. The molecule has 2 aromatic rings. The summed E-state index contributed by atoms with van der Waals surface area (Å²) < 4.78 is 20.0. The first-order valence-corrected chi connectivity index (χ1v) is 6.70. The van der Waals surface area contributed by atoms with Gasteiger partial charge in [-0.3, -0.25) is 4.79 Å². The zero-order chi connectivity index (χ0) is 14.4. The smallest absolute Gasteiger partial charge is 0.250 e. The summed E-state index contributed by atoms with van der Waals surface area (Å²) in [6.45, 7) is 3.12. The number of benzene rings is 1. The predicted molar refractivity (Wildman–Crippen MR) is 76.6 cm³/mol. The number of halogens is 1. The van der Waals surface area contributed by atoms with Gasteiger partial charge in [0.2, 0.25) is 0 Å². The van der Waals surface area contributed by atoms with Crippen molar-refractivity contribution in [3.05, 3.63) is 64.3 Å². The van der Waals surface area contributed by atoms with E-state index in [9.17, 15) is 9.18 Å². The van der Waals surface area contributed by atoms with E-state index in [1.807, 2.05) is 31.2 Å². The van der Waals surface area contributed by atoms with Gasteiger partial charge >= 0.3 is 0 Å². The van der Waals surface area contributed by atoms with Crippen LogP contribution in [0.25, 0.3) is 0 Å². The van der Waals surface area contributed by atoms with Crippen LogP contribution in [-0.2, 0) is 6.54 Å². The molecule has 106 valence electrons. The first kappa shape index (κ1) is 14.3. The van der Waals surface area contributed by atoms with Crippen LogP contribution in [0.5, 0.6) is 5.75 Å². The first-order valence-electron chi connectivity index (χ1n) is 6.70. The minimum atomic E-state index is -0.388. The van der Waals surface area contributed by atoms with Crippen molar-refractivity contribution in [1.29, 1.82) is 0 Å². The van der Waals surface area contributed by atoms with Gasteiger partial charge in [-0.15, -0.1) is 0 Å². The normalized spacial score (nSPS) is 10.5. The summed E-state index contributed by atoms with van der Waals surface area (Å²) in [6, 6.07) is 10.3. The molecule has 2 rings (SSSR count). The number of hydrogen-bond acceptors (Lipinski definition) is 2. The minimum Gasteiger partial charge on any atom is -0.494 e. The second kappa shape index (κ2) is 6.89. The lowest BCUT2D eigenvalue weighted by molar-refractivity contribution is 0.302. The SMILES string of the molecule is Cc1cccc(OCCCCn2cc(F)ccc2=O)c1. The molecule has 0 spiro atoms. The van der Waals surface area contributed by atoms with Crippen molar-refractivity contribution >= 4 is 0 Å². The Labute approximate surface area is 117 Å². The molecule has 0 aliphatic carbocycles. The molecule has 20 heavy (non-hydrogen) atoms. The van der Waals surface area contributed by atoms with Gasteiger partial charge in [0.25, 0.3) is 5.56 Å². The van der Waals surface area contributed by atoms with Gasteiger partial charge in [0.15, 0.2) is 0 Å². The summed E-state index contributed by atoms with van der Waals surface area (Å²) >= 11 is 0. The number of rotatable bonds is 6. The Kier molecular flexibility index (Phi) is 4.93. The highest BCUT2D eigenvalue weighted by molar-refractivity contribution is 5.27. The van der Waals surface area contributed by atoms with Gasteiger partial charge in [0.05, 0.1) is 6.61 Å². The van der Waals surface area contributed by atoms with Crippen molar-refractivity contribution in [1.82, 2.24) is 4.57 Å². The van der Waals surface area contributed by atoms with E-state index in [-0.39, 0.29) is 11.4 Å². The molecule has 0 atom stereocenters. The van der Waals surface area contributed by atoms with E-state index in [0.29, 0.717) is 13.2 Å². The molecule has 0 aliphatic heterocycles. The standard InChI is InChI=1S/C16H18FNO2/c1-13-5-4-6-15(11-13)20-10-3-2-9-18-12-14(17)7-8-16(18)19/h4-8,11-12H,2-3,9-10H2,1H3. The predicted octanol–water partition coefficient (Wildman–Crippen LogP) is 3.16. The summed E-state index contributed by atoms with van der Waals surface area (Å²) in [4.78, 5) is 11.5. The fourth-order valence-corrected chi connectivity index (χ4v) is 1.96. The van der Waals surface area contributed by atoms with Crippen LogP contribution in [0.1, 0.15) is 18.4 Å². The topological polar surface area (TPSA) is 31.2 Å². The molecule has 3 nitrogen and oxygen atoms in total. The van der Waals surface area contributed by atoms with E-state index in [2.05, 4.69) is 0 Å². The third-order valence-corrected chi connectivity index (χ3v) is 3.00. The molecular formula is C16H18FNO2. The van der Waals surface area contributed by atoms with E-state index < -0.39 is 0 Å². The molecule has 1 aromatic carbocycles. The Morgan fingerprint density at radius 3 is 2.85 bits per heavy atom. The summed E-state index contributed by atoms with van der Waals surface area (Å²) in [5.41, 5.74) is 0.986. The third kappa shape index (κ3) is 4.23. The van der Waals surface area contributed by atoms with Crippen molar-refractivity contribution in [2.75, 3.05) is 6.61 Å². The number of pyridine rings is 1. The number of aromatic nitrogens is 1. The molecule has 4 heteroatoms. The molecule has 1 heterocycles. The highest BCUT2D eigenvalue weighted by Crippen LogP contribution is 2.12. The Bertz CT molecular complexity index is 622. The summed E-state index contributed by atoms with van der Waals surface area (Å²) in [6.07, 6.45) is 2.83. The zero-order valence-corrected chi connectivity index (χ0v) is 11.5. The van der Waals surface area contributed by atoms with Crippen LogP contribution >= 0.6 is 0 Å².